The van der Waals surface area contributed by atoms with E-state index in [1.54, 1.807) is 30.3 Å². The van der Waals surface area contributed by atoms with Gasteiger partial charge in [0.25, 0.3) is 11.8 Å². The minimum Gasteiger partial charge on any atom is -0.490 e. The molecule has 2 saturated heterocycles. The topological polar surface area (TPSA) is 111 Å². The molecule has 37 heavy (non-hydrogen) atoms. The molecule has 9 nitrogen and oxygen atoms in total. The lowest BCUT2D eigenvalue weighted by Crippen LogP contribution is -2.50. The van der Waals surface area contributed by atoms with Crippen LogP contribution in [0, 0.1) is 5.82 Å². The number of carbonyl (C=O) groups excluding carboxylic acids is 2. The van der Waals surface area contributed by atoms with Gasteiger partial charge in [-0.2, -0.15) is 0 Å². The number of hydrogen-bond acceptors (Lipinski definition) is 7. The first-order chi connectivity index (χ1) is 17.6. The Labute approximate surface area is 219 Å². The van der Waals surface area contributed by atoms with Crippen molar-refractivity contribution < 1.29 is 36.6 Å². The summed E-state index contributed by atoms with van der Waals surface area (Å²) in [6.45, 7) is -0.728. The van der Waals surface area contributed by atoms with Crippen molar-refractivity contribution in [1.82, 2.24) is 9.62 Å². The Morgan fingerprint density at radius 1 is 1.08 bits per heavy atom. The first-order valence-electron chi connectivity index (χ1n) is 11.8. The molecule has 0 saturated carbocycles. The summed E-state index contributed by atoms with van der Waals surface area (Å²) in [5.74, 6) is -0.268. The maximum atomic E-state index is 13.2. The normalized spacial score (nSPS) is 20.9. The monoisotopic (exact) mass is 554 g/mol. The smallest absolute Gasteiger partial charge is 0.261 e. The average Bonchev–Trinajstić information content (AvgIpc) is 3.09. The number of ether oxygens (including phenoxy) is 3. The van der Waals surface area contributed by atoms with Gasteiger partial charge >= 0.3 is 0 Å². The fourth-order valence-electron chi connectivity index (χ4n) is 4.84. The van der Waals surface area contributed by atoms with Gasteiger partial charge in [0.2, 0.25) is 10.0 Å². The molecule has 0 spiro atoms. The van der Waals surface area contributed by atoms with Crippen molar-refractivity contribution in [3.8, 4) is 11.5 Å². The molecule has 0 radical (unpaired) electrons. The van der Waals surface area contributed by atoms with Crippen LogP contribution in [0.4, 0.5) is 4.39 Å². The van der Waals surface area contributed by atoms with Crippen molar-refractivity contribution >= 4 is 33.4 Å². The van der Waals surface area contributed by atoms with Gasteiger partial charge in [0.05, 0.1) is 12.9 Å². The number of benzene rings is 2. The van der Waals surface area contributed by atoms with E-state index in [4.69, 9.17) is 25.8 Å². The number of hydrogen-bond donors (Lipinski definition) is 1. The van der Waals surface area contributed by atoms with Crippen LogP contribution in [0.1, 0.15) is 31.2 Å². The third-order valence-corrected chi connectivity index (χ3v) is 7.09. The van der Waals surface area contributed by atoms with E-state index in [1.807, 2.05) is 9.62 Å². The number of nitrogens with one attached hydrogen (secondary N) is 1. The van der Waals surface area contributed by atoms with Crippen molar-refractivity contribution in [2.75, 3.05) is 19.5 Å². The lowest BCUT2D eigenvalue weighted by molar-refractivity contribution is -0.139. The Hall–Kier alpha value is -2.89. The van der Waals surface area contributed by atoms with Crippen LogP contribution < -0.4 is 14.2 Å². The number of nitrogens with zero attached hydrogens (tertiary/aromatic N) is 1. The zero-order valence-corrected chi connectivity index (χ0v) is 21.8. The largest absolute Gasteiger partial charge is 0.490 e. The second-order valence-corrected chi connectivity index (χ2v) is 11.4. The average molecular weight is 555 g/mol. The molecule has 2 amide bonds. The molecule has 2 unspecified atom stereocenters. The summed E-state index contributed by atoms with van der Waals surface area (Å²) in [7, 11) is -3.68. The van der Waals surface area contributed by atoms with Crippen molar-refractivity contribution in [1.29, 1.82) is 0 Å². The van der Waals surface area contributed by atoms with Crippen LogP contribution in [-0.2, 0) is 31.0 Å². The van der Waals surface area contributed by atoms with Gasteiger partial charge < -0.3 is 19.1 Å². The first kappa shape index (κ1) is 27.2. The summed E-state index contributed by atoms with van der Waals surface area (Å²) < 4.78 is 54.4. The summed E-state index contributed by atoms with van der Waals surface area (Å²) in [5, 5.41) is 0.416. The Bertz CT molecular complexity index is 1230. The molecule has 200 valence electrons. The molecule has 2 aliphatic heterocycles. The fourth-order valence-corrected chi connectivity index (χ4v) is 5.51. The summed E-state index contributed by atoms with van der Waals surface area (Å²) in [6.07, 6.45) is 3.97. The van der Waals surface area contributed by atoms with Gasteiger partial charge in [-0.05, 0) is 55.3 Å². The highest BCUT2D eigenvalue weighted by molar-refractivity contribution is 7.89. The van der Waals surface area contributed by atoms with E-state index < -0.39 is 22.5 Å². The Kier molecular flexibility index (Phi) is 8.56. The quantitative estimate of drug-likeness (QED) is 0.480. The van der Waals surface area contributed by atoms with E-state index in [9.17, 15) is 22.4 Å². The molecule has 12 heteroatoms. The minimum atomic E-state index is -3.68. The molecule has 2 bridgehead atoms. The van der Waals surface area contributed by atoms with Crippen LogP contribution in [0.15, 0.2) is 42.5 Å². The highest BCUT2D eigenvalue weighted by Crippen LogP contribution is 2.37. The van der Waals surface area contributed by atoms with Gasteiger partial charge in [-0.25, -0.2) is 12.8 Å². The Morgan fingerprint density at radius 2 is 1.76 bits per heavy atom. The van der Waals surface area contributed by atoms with Crippen LogP contribution >= 0.6 is 11.6 Å². The summed E-state index contributed by atoms with van der Waals surface area (Å²) in [4.78, 5) is 26.6. The fraction of sp³-hybridized carbons (Fsp3) is 0.440. The molecule has 0 aliphatic carbocycles. The summed E-state index contributed by atoms with van der Waals surface area (Å²) in [6, 6.07) is 10.8. The van der Waals surface area contributed by atoms with Crippen molar-refractivity contribution in [3.63, 3.8) is 0 Å². The Morgan fingerprint density at radius 3 is 2.41 bits per heavy atom. The number of halogens is 2. The number of rotatable bonds is 10. The summed E-state index contributed by atoms with van der Waals surface area (Å²) >= 11 is 6.08. The van der Waals surface area contributed by atoms with E-state index in [0.29, 0.717) is 34.9 Å². The standard InChI is InChI=1S/C25H28ClFN2O7S/c1-37(32,33)28-24(30)14-34-13-16-10-17(26)2-9-23(16)35-15-25(31)29-19-5-6-20(29)12-22(11-19)36-21-7-3-18(27)4-8-21/h2-4,7-10,19-20,22H,5-6,11-15H2,1H3,(H,28,30). The van der Waals surface area contributed by atoms with Gasteiger partial charge in [-0.1, -0.05) is 11.6 Å². The number of fused-ring (bicyclic) bond motifs is 2. The van der Waals surface area contributed by atoms with Crippen molar-refractivity contribution in [3.05, 3.63) is 58.9 Å². The van der Waals surface area contributed by atoms with Crippen molar-refractivity contribution in [2.24, 2.45) is 0 Å². The minimum absolute atomic E-state index is 0.0432. The summed E-state index contributed by atoms with van der Waals surface area (Å²) in [5.41, 5.74) is 0.516. The van der Waals surface area contributed by atoms with E-state index >= 15 is 0 Å². The van der Waals surface area contributed by atoms with Crippen LogP contribution in [0.2, 0.25) is 5.02 Å². The Balaban J connectivity index is 1.31. The predicted molar refractivity (Wildman–Crippen MR) is 133 cm³/mol. The molecule has 2 heterocycles. The maximum absolute atomic E-state index is 13.2. The molecular formula is C25H28ClFN2O7S. The third-order valence-electron chi connectivity index (χ3n) is 6.26. The van der Waals surface area contributed by atoms with Gasteiger partial charge in [0.1, 0.15) is 30.0 Å². The molecule has 2 aromatic carbocycles. The molecule has 2 atom stereocenters. The highest BCUT2D eigenvalue weighted by atomic mass is 35.5. The lowest BCUT2D eigenvalue weighted by atomic mass is 9.99. The van der Waals surface area contributed by atoms with E-state index in [-0.39, 0.29) is 43.1 Å². The number of piperidine rings is 1. The molecule has 1 N–H and O–H groups in total. The zero-order chi connectivity index (χ0) is 26.6. The molecule has 2 aliphatic rings. The second-order valence-electron chi connectivity index (χ2n) is 9.18. The zero-order valence-electron chi connectivity index (χ0n) is 20.2. The van der Waals surface area contributed by atoms with Gasteiger partial charge in [-0.15, -0.1) is 0 Å². The molecule has 2 aromatic rings. The van der Waals surface area contributed by atoms with E-state index in [0.717, 1.165) is 19.1 Å². The molecule has 2 fully saturated rings. The van der Waals surface area contributed by atoms with E-state index in [1.165, 1.54) is 12.1 Å². The SMILES string of the molecule is CS(=O)(=O)NC(=O)COCc1cc(Cl)ccc1OCC(=O)N1C2CCC1CC(Oc1ccc(F)cc1)C2. The maximum Gasteiger partial charge on any atom is 0.261 e. The molecule has 0 aromatic heterocycles. The van der Waals surface area contributed by atoms with E-state index in [2.05, 4.69) is 0 Å². The lowest BCUT2D eigenvalue weighted by Gasteiger charge is -2.38. The van der Waals surface area contributed by atoms with Crippen molar-refractivity contribution in [2.45, 2.75) is 50.5 Å². The number of carbonyl (C=O) groups is 2. The predicted octanol–water partition coefficient (Wildman–Crippen LogP) is 3.05. The highest BCUT2D eigenvalue weighted by Gasteiger charge is 2.44. The number of amides is 2. The molecule has 4 rings (SSSR count). The van der Waals surface area contributed by atoms with Gasteiger partial charge in [-0.3, -0.25) is 14.3 Å². The van der Waals surface area contributed by atoms with Gasteiger partial charge in [0.15, 0.2) is 6.61 Å². The van der Waals surface area contributed by atoms with Crippen LogP contribution in [0.5, 0.6) is 11.5 Å². The van der Waals surface area contributed by atoms with Crippen LogP contribution in [0.25, 0.3) is 0 Å². The first-order valence-corrected chi connectivity index (χ1v) is 14.1. The van der Waals surface area contributed by atoms with Crippen LogP contribution in [0.3, 0.4) is 0 Å². The molecular weight excluding hydrogens is 527 g/mol. The van der Waals surface area contributed by atoms with Gasteiger partial charge in [0, 0.05) is 35.5 Å². The number of sulfonamides is 1. The van der Waals surface area contributed by atoms with Crippen LogP contribution in [-0.4, -0.2) is 62.8 Å². The third kappa shape index (κ3) is 7.56. The second kappa shape index (κ2) is 11.7.